The Morgan fingerprint density at radius 1 is 0.481 bits per heavy atom. The minimum Gasteiger partial charge on any atom is -0.309 e. The molecule has 0 amide bonds. The number of nitrogens with zero attached hydrogens (tertiary/aromatic N) is 5. The molecule has 254 valence electrons. The molecule has 1 aliphatic heterocycles. The van der Waals surface area contributed by atoms with Gasteiger partial charge in [0, 0.05) is 45.2 Å². The fourth-order valence-corrected chi connectivity index (χ4v) is 8.40. The van der Waals surface area contributed by atoms with Gasteiger partial charge in [-0.25, -0.2) is 9.98 Å². The van der Waals surface area contributed by atoms with Crippen molar-refractivity contribution in [2.24, 2.45) is 9.98 Å². The summed E-state index contributed by atoms with van der Waals surface area (Å²) in [6.45, 7) is 0. The van der Waals surface area contributed by atoms with Crippen LogP contribution in [0.3, 0.4) is 0 Å². The number of fused-ring (bicyclic) bond motifs is 8. The van der Waals surface area contributed by atoms with E-state index in [1.165, 1.54) is 27.4 Å². The zero-order valence-electron chi connectivity index (χ0n) is 29.3. The number of rotatable bonds is 4. The monoisotopic (exact) mass is 691 g/mol. The van der Waals surface area contributed by atoms with Gasteiger partial charge in [-0.3, -0.25) is 9.55 Å². The normalized spacial score (nSPS) is 14.6. The standard InChI is InChI=1S/C49H33N5/c1-4-13-32(14-5-1)41-31-42(33-15-6-2-7-16-33)52-49(51-41)54-45-27-23-34-17-12-28-50-48(34)47(45)39-25-22-36(30-46(39)54)35-24-26-44-40(29-35)38-20-10-11-21-43(38)53(44)37-18-8-3-9-19-37/h1-30,41H,31H2. The molecule has 5 heteroatoms. The van der Waals surface area contributed by atoms with E-state index in [2.05, 4.69) is 179 Å². The Kier molecular flexibility index (Phi) is 6.92. The highest BCUT2D eigenvalue weighted by Gasteiger charge is 2.25. The molecule has 7 aromatic carbocycles. The molecule has 0 fully saturated rings. The Balaban J connectivity index is 1.16. The lowest BCUT2D eigenvalue weighted by Crippen LogP contribution is -2.21. The van der Waals surface area contributed by atoms with Gasteiger partial charge in [-0.05, 0) is 70.8 Å². The lowest BCUT2D eigenvalue weighted by Gasteiger charge is -2.22. The van der Waals surface area contributed by atoms with Crippen molar-refractivity contribution < 1.29 is 0 Å². The van der Waals surface area contributed by atoms with E-state index < -0.39 is 0 Å². The van der Waals surface area contributed by atoms with Crippen LogP contribution in [-0.4, -0.2) is 25.8 Å². The first-order valence-electron chi connectivity index (χ1n) is 18.5. The second kappa shape index (κ2) is 12.2. The minimum atomic E-state index is -0.0764. The first-order valence-corrected chi connectivity index (χ1v) is 18.5. The Bertz CT molecular complexity index is 3120. The molecule has 0 N–H and O–H groups in total. The number of hydrogen-bond acceptors (Lipinski definition) is 3. The number of aliphatic imine (C=N–C) groups is 2. The lowest BCUT2D eigenvalue weighted by molar-refractivity contribution is 0.745. The van der Waals surface area contributed by atoms with E-state index in [1.807, 2.05) is 12.3 Å². The summed E-state index contributed by atoms with van der Waals surface area (Å²) in [5.74, 6) is 0.683. The molecule has 54 heavy (non-hydrogen) atoms. The van der Waals surface area contributed by atoms with Crippen molar-refractivity contribution in [1.82, 2.24) is 14.1 Å². The van der Waals surface area contributed by atoms with Crippen LogP contribution in [0.5, 0.6) is 0 Å². The molecule has 1 aliphatic rings. The summed E-state index contributed by atoms with van der Waals surface area (Å²) < 4.78 is 4.63. The molecule has 0 saturated heterocycles. The quantitative estimate of drug-likeness (QED) is 0.181. The van der Waals surface area contributed by atoms with Crippen LogP contribution in [0.15, 0.2) is 192 Å². The number of hydrogen-bond donors (Lipinski definition) is 0. The summed E-state index contributed by atoms with van der Waals surface area (Å²) in [4.78, 5) is 15.7. The van der Waals surface area contributed by atoms with Crippen LogP contribution in [0.4, 0.5) is 0 Å². The summed E-state index contributed by atoms with van der Waals surface area (Å²) >= 11 is 0. The van der Waals surface area contributed by atoms with Gasteiger partial charge >= 0.3 is 0 Å². The number of para-hydroxylation sites is 2. The first-order chi connectivity index (χ1) is 26.8. The first kappa shape index (κ1) is 30.5. The maximum Gasteiger partial charge on any atom is 0.230 e. The van der Waals surface area contributed by atoms with E-state index in [4.69, 9.17) is 15.0 Å². The van der Waals surface area contributed by atoms with Crippen molar-refractivity contribution in [3.8, 4) is 16.8 Å². The Morgan fingerprint density at radius 3 is 2.04 bits per heavy atom. The van der Waals surface area contributed by atoms with Gasteiger partial charge in [0.05, 0.1) is 39.3 Å². The fourth-order valence-electron chi connectivity index (χ4n) is 8.40. The summed E-state index contributed by atoms with van der Waals surface area (Å²) in [5, 5.41) is 5.80. The summed E-state index contributed by atoms with van der Waals surface area (Å²) in [6, 6.07) is 62.5. The Hall–Kier alpha value is -7.11. The van der Waals surface area contributed by atoms with E-state index in [0.29, 0.717) is 5.96 Å². The highest BCUT2D eigenvalue weighted by molar-refractivity contribution is 6.24. The molecule has 3 aromatic heterocycles. The van der Waals surface area contributed by atoms with E-state index >= 15 is 0 Å². The molecule has 10 aromatic rings. The van der Waals surface area contributed by atoms with Crippen LogP contribution >= 0.6 is 0 Å². The Labute approximate surface area is 311 Å². The van der Waals surface area contributed by atoms with Crippen molar-refractivity contribution in [3.05, 3.63) is 193 Å². The second-order valence-corrected chi connectivity index (χ2v) is 14.0. The zero-order valence-corrected chi connectivity index (χ0v) is 29.3. The fraction of sp³-hybridized carbons (Fsp3) is 0.0408. The van der Waals surface area contributed by atoms with Gasteiger partial charge in [0.1, 0.15) is 0 Å². The van der Waals surface area contributed by atoms with Crippen LogP contribution in [-0.2, 0) is 0 Å². The second-order valence-electron chi connectivity index (χ2n) is 14.0. The van der Waals surface area contributed by atoms with E-state index in [1.54, 1.807) is 0 Å². The molecule has 11 rings (SSSR count). The van der Waals surface area contributed by atoms with Gasteiger partial charge < -0.3 is 4.57 Å². The van der Waals surface area contributed by atoms with Crippen molar-refractivity contribution in [3.63, 3.8) is 0 Å². The van der Waals surface area contributed by atoms with E-state index in [9.17, 15) is 0 Å². The molecule has 5 nitrogen and oxygen atoms in total. The van der Waals surface area contributed by atoms with Crippen molar-refractivity contribution in [2.45, 2.75) is 12.5 Å². The van der Waals surface area contributed by atoms with Gasteiger partial charge in [-0.15, -0.1) is 0 Å². The SMILES string of the molecule is c1ccc(C2=NC(n3c4cc(-c5ccc6c(c5)c5ccccc5n6-c5ccccc5)ccc4c4c5ncccc5ccc43)=NC(c3ccccc3)C2)cc1. The van der Waals surface area contributed by atoms with Gasteiger partial charge in [-0.2, -0.15) is 0 Å². The Morgan fingerprint density at radius 2 is 1.19 bits per heavy atom. The third kappa shape index (κ3) is 4.82. The van der Waals surface area contributed by atoms with Crippen molar-refractivity contribution in [1.29, 1.82) is 0 Å². The van der Waals surface area contributed by atoms with Gasteiger partial charge in [0.25, 0.3) is 0 Å². The third-order valence-corrected chi connectivity index (χ3v) is 10.9. The van der Waals surface area contributed by atoms with Crippen LogP contribution < -0.4 is 0 Å². The summed E-state index contributed by atoms with van der Waals surface area (Å²) in [7, 11) is 0. The van der Waals surface area contributed by atoms with Crippen LogP contribution in [0.2, 0.25) is 0 Å². The van der Waals surface area contributed by atoms with Crippen LogP contribution in [0.1, 0.15) is 23.6 Å². The van der Waals surface area contributed by atoms with E-state index in [-0.39, 0.29) is 6.04 Å². The summed E-state index contributed by atoms with van der Waals surface area (Å²) in [5.41, 5.74) is 12.2. The molecular weight excluding hydrogens is 659 g/mol. The van der Waals surface area contributed by atoms with Crippen molar-refractivity contribution >= 4 is 66.2 Å². The molecule has 0 aliphatic carbocycles. The maximum atomic E-state index is 5.43. The molecule has 0 radical (unpaired) electrons. The molecular formula is C49H33N5. The molecule has 0 bridgehead atoms. The lowest BCUT2D eigenvalue weighted by atomic mass is 9.97. The van der Waals surface area contributed by atoms with Crippen molar-refractivity contribution in [2.75, 3.05) is 0 Å². The highest BCUT2D eigenvalue weighted by Crippen LogP contribution is 2.40. The molecule has 0 spiro atoms. The third-order valence-electron chi connectivity index (χ3n) is 10.9. The zero-order chi connectivity index (χ0) is 35.6. The minimum absolute atomic E-state index is 0.0764. The van der Waals surface area contributed by atoms with Crippen LogP contribution in [0.25, 0.3) is 71.3 Å². The number of aromatic nitrogens is 3. The largest absolute Gasteiger partial charge is 0.309 e. The molecule has 0 saturated carbocycles. The number of pyridine rings is 1. The maximum absolute atomic E-state index is 5.43. The predicted octanol–water partition coefficient (Wildman–Crippen LogP) is 11.9. The smallest absolute Gasteiger partial charge is 0.230 e. The average molecular weight is 692 g/mol. The predicted molar refractivity (Wildman–Crippen MR) is 224 cm³/mol. The number of benzene rings is 7. The van der Waals surface area contributed by atoms with Crippen LogP contribution in [0, 0.1) is 0 Å². The summed E-state index contributed by atoms with van der Waals surface area (Å²) in [6.07, 6.45) is 2.61. The molecule has 1 unspecified atom stereocenters. The van der Waals surface area contributed by atoms with Gasteiger partial charge in [-0.1, -0.05) is 127 Å². The highest BCUT2D eigenvalue weighted by atomic mass is 15.2. The van der Waals surface area contributed by atoms with Gasteiger partial charge in [0.15, 0.2) is 0 Å². The van der Waals surface area contributed by atoms with E-state index in [0.717, 1.165) is 67.2 Å². The topological polar surface area (TPSA) is 47.5 Å². The molecule has 1 atom stereocenters. The van der Waals surface area contributed by atoms with Gasteiger partial charge in [0.2, 0.25) is 5.96 Å². The average Bonchev–Trinajstić information content (AvgIpc) is 3.77. The molecule has 4 heterocycles.